The lowest BCUT2D eigenvalue weighted by Crippen LogP contribution is -2.19. The molecule has 3 heteroatoms. The molecular formula is C13H17FOS. The van der Waals surface area contributed by atoms with Gasteiger partial charge in [0, 0.05) is 10.1 Å². The van der Waals surface area contributed by atoms with Crippen LogP contribution in [0.2, 0.25) is 0 Å². The fourth-order valence-corrected chi connectivity index (χ4v) is 3.35. The largest absolute Gasteiger partial charge is 0.393 e. The molecule has 0 aliphatic heterocycles. The van der Waals surface area contributed by atoms with Crippen molar-refractivity contribution < 1.29 is 9.50 Å². The SMILES string of the molecule is Cc1cc(F)ccc1SC1CCC(O)CC1. The van der Waals surface area contributed by atoms with Gasteiger partial charge in [0.2, 0.25) is 0 Å². The lowest BCUT2D eigenvalue weighted by molar-refractivity contribution is 0.132. The van der Waals surface area contributed by atoms with Crippen LogP contribution in [0.1, 0.15) is 31.2 Å². The van der Waals surface area contributed by atoms with Gasteiger partial charge in [-0.3, -0.25) is 0 Å². The van der Waals surface area contributed by atoms with Crippen molar-refractivity contribution in [1.29, 1.82) is 0 Å². The molecule has 88 valence electrons. The van der Waals surface area contributed by atoms with Crippen molar-refractivity contribution in [1.82, 2.24) is 0 Å². The van der Waals surface area contributed by atoms with E-state index in [0.29, 0.717) is 5.25 Å². The van der Waals surface area contributed by atoms with Crippen LogP contribution in [0.4, 0.5) is 4.39 Å². The second kappa shape index (κ2) is 5.19. The molecule has 1 nitrogen and oxygen atoms in total. The Morgan fingerprint density at radius 3 is 2.56 bits per heavy atom. The van der Waals surface area contributed by atoms with E-state index in [1.54, 1.807) is 6.07 Å². The Hall–Kier alpha value is -0.540. The van der Waals surface area contributed by atoms with Gasteiger partial charge in [-0.1, -0.05) is 0 Å². The van der Waals surface area contributed by atoms with Crippen LogP contribution in [0, 0.1) is 12.7 Å². The van der Waals surface area contributed by atoms with E-state index in [-0.39, 0.29) is 11.9 Å². The second-order valence-corrected chi connectivity index (χ2v) is 5.80. The minimum absolute atomic E-state index is 0.105. The number of aryl methyl sites for hydroxylation is 1. The number of aliphatic hydroxyl groups excluding tert-OH is 1. The van der Waals surface area contributed by atoms with Crippen LogP contribution in [-0.4, -0.2) is 16.5 Å². The first kappa shape index (κ1) is 11.9. The third kappa shape index (κ3) is 2.98. The molecule has 16 heavy (non-hydrogen) atoms. The van der Waals surface area contributed by atoms with Crippen LogP contribution in [0.15, 0.2) is 23.1 Å². The molecule has 1 aliphatic carbocycles. The van der Waals surface area contributed by atoms with Gasteiger partial charge in [-0.05, 0) is 56.4 Å². The highest BCUT2D eigenvalue weighted by Gasteiger charge is 2.20. The number of halogens is 1. The summed E-state index contributed by atoms with van der Waals surface area (Å²) in [6.07, 6.45) is 3.81. The quantitative estimate of drug-likeness (QED) is 0.853. The van der Waals surface area contributed by atoms with Crippen molar-refractivity contribution in [3.63, 3.8) is 0 Å². The Labute approximate surface area is 100 Å². The highest BCUT2D eigenvalue weighted by Crippen LogP contribution is 2.35. The summed E-state index contributed by atoms with van der Waals surface area (Å²) in [5, 5.41) is 10.0. The summed E-state index contributed by atoms with van der Waals surface area (Å²) >= 11 is 1.82. The van der Waals surface area contributed by atoms with E-state index in [1.807, 2.05) is 24.8 Å². The maximum atomic E-state index is 12.9. The van der Waals surface area contributed by atoms with Gasteiger partial charge in [0.05, 0.1) is 6.10 Å². The molecule has 0 saturated heterocycles. The zero-order valence-electron chi connectivity index (χ0n) is 9.45. The molecule has 1 fully saturated rings. The van der Waals surface area contributed by atoms with Gasteiger partial charge in [-0.2, -0.15) is 0 Å². The van der Waals surface area contributed by atoms with Crippen molar-refractivity contribution in [2.45, 2.75) is 48.9 Å². The van der Waals surface area contributed by atoms with Gasteiger partial charge in [0.15, 0.2) is 0 Å². The summed E-state index contributed by atoms with van der Waals surface area (Å²) in [7, 11) is 0. The van der Waals surface area contributed by atoms with E-state index in [1.165, 1.54) is 11.0 Å². The predicted molar refractivity (Wildman–Crippen MR) is 65.3 cm³/mol. The lowest BCUT2D eigenvalue weighted by Gasteiger charge is -2.25. The molecule has 0 spiro atoms. The Bertz CT molecular complexity index is 359. The van der Waals surface area contributed by atoms with E-state index in [4.69, 9.17) is 0 Å². The van der Waals surface area contributed by atoms with Gasteiger partial charge in [-0.15, -0.1) is 11.8 Å². The first-order valence-corrected chi connectivity index (χ1v) is 6.64. The van der Waals surface area contributed by atoms with Crippen molar-refractivity contribution in [3.05, 3.63) is 29.6 Å². The van der Waals surface area contributed by atoms with Crippen LogP contribution in [-0.2, 0) is 0 Å². The molecule has 1 saturated carbocycles. The zero-order valence-corrected chi connectivity index (χ0v) is 10.3. The van der Waals surface area contributed by atoms with E-state index >= 15 is 0 Å². The van der Waals surface area contributed by atoms with Crippen LogP contribution in [0.3, 0.4) is 0 Å². The first-order valence-electron chi connectivity index (χ1n) is 5.76. The molecule has 0 radical (unpaired) electrons. The summed E-state index contributed by atoms with van der Waals surface area (Å²) in [5.41, 5.74) is 1.01. The molecule has 1 aromatic rings. The highest BCUT2D eigenvalue weighted by molar-refractivity contribution is 8.00. The molecule has 1 aliphatic rings. The number of hydrogen-bond acceptors (Lipinski definition) is 2. The summed E-state index contributed by atoms with van der Waals surface area (Å²) in [5.74, 6) is -0.166. The Morgan fingerprint density at radius 2 is 1.94 bits per heavy atom. The Morgan fingerprint density at radius 1 is 1.25 bits per heavy atom. The predicted octanol–water partition coefficient (Wildman–Crippen LogP) is 3.53. The van der Waals surface area contributed by atoms with Crippen LogP contribution in [0.25, 0.3) is 0 Å². The van der Waals surface area contributed by atoms with E-state index in [0.717, 1.165) is 31.2 Å². The molecule has 0 atom stereocenters. The van der Waals surface area contributed by atoms with Crippen LogP contribution >= 0.6 is 11.8 Å². The van der Waals surface area contributed by atoms with Gasteiger partial charge >= 0.3 is 0 Å². The van der Waals surface area contributed by atoms with Crippen molar-refractivity contribution in [2.24, 2.45) is 0 Å². The standard InChI is InChI=1S/C13H17FOS/c1-9-8-10(14)2-7-13(9)16-12-5-3-11(15)4-6-12/h2,7-8,11-12,15H,3-6H2,1H3. The van der Waals surface area contributed by atoms with Gasteiger partial charge < -0.3 is 5.11 Å². The van der Waals surface area contributed by atoms with E-state index in [2.05, 4.69) is 0 Å². The van der Waals surface area contributed by atoms with Crippen molar-refractivity contribution in [2.75, 3.05) is 0 Å². The summed E-state index contributed by atoms with van der Waals surface area (Å²) < 4.78 is 12.9. The maximum absolute atomic E-state index is 12.9. The van der Waals surface area contributed by atoms with Crippen LogP contribution < -0.4 is 0 Å². The summed E-state index contributed by atoms with van der Waals surface area (Å²) in [4.78, 5) is 1.17. The number of aliphatic hydroxyl groups is 1. The van der Waals surface area contributed by atoms with Gasteiger partial charge in [0.1, 0.15) is 5.82 Å². The molecule has 0 amide bonds. The topological polar surface area (TPSA) is 20.2 Å². The number of hydrogen-bond donors (Lipinski definition) is 1. The molecule has 0 bridgehead atoms. The van der Waals surface area contributed by atoms with Gasteiger partial charge in [-0.25, -0.2) is 4.39 Å². The second-order valence-electron chi connectivity index (χ2n) is 4.46. The molecule has 0 heterocycles. The summed E-state index contributed by atoms with van der Waals surface area (Å²) in [6, 6.07) is 4.97. The Balaban J connectivity index is 1.98. The number of benzene rings is 1. The van der Waals surface area contributed by atoms with E-state index < -0.39 is 0 Å². The minimum atomic E-state index is -0.166. The normalized spacial score (nSPS) is 25.7. The zero-order chi connectivity index (χ0) is 11.5. The first-order chi connectivity index (χ1) is 7.65. The molecule has 1 N–H and O–H groups in total. The fraction of sp³-hybridized carbons (Fsp3) is 0.538. The van der Waals surface area contributed by atoms with Crippen molar-refractivity contribution in [3.8, 4) is 0 Å². The average Bonchev–Trinajstić information content (AvgIpc) is 2.25. The molecule has 2 rings (SSSR count). The smallest absolute Gasteiger partial charge is 0.123 e. The number of thioether (sulfide) groups is 1. The van der Waals surface area contributed by atoms with Gasteiger partial charge in [0.25, 0.3) is 0 Å². The molecular weight excluding hydrogens is 223 g/mol. The fourth-order valence-electron chi connectivity index (χ4n) is 2.09. The third-order valence-electron chi connectivity index (χ3n) is 3.07. The highest BCUT2D eigenvalue weighted by atomic mass is 32.2. The monoisotopic (exact) mass is 240 g/mol. The van der Waals surface area contributed by atoms with Crippen molar-refractivity contribution >= 4 is 11.8 Å². The molecule has 1 aromatic carbocycles. The summed E-state index contributed by atoms with van der Waals surface area (Å²) in [6.45, 7) is 1.95. The molecule has 0 unspecified atom stereocenters. The average molecular weight is 240 g/mol. The van der Waals surface area contributed by atoms with Crippen LogP contribution in [0.5, 0.6) is 0 Å². The van der Waals surface area contributed by atoms with E-state index in [9.17, 15) is 9.50 Å². The number of rotatable bonds is 2. The lowest BCUT2D eigenvalue weighted by atomic mass is 9.97. The minimum Gasteiger partial charge on any atom is -0.393 e. The third-order valence-corrected chi connectivity index (χ3v) is 4.59. The Kier molecular flexibility index (Phi) is 3.87. The molecule has 0 aromatic heterocycles. The maximum Gasteiger partial charge on any atom is 0.123 e.